The topological polar surface area (TPSA) is 85.4 Å². The van der Waals surface area contributed by atoms with E-state index >= 15 is 0 Å². The van der Waals surface area contributed by atoms with Gasteiger partial charge in [-0.3, -0.25) is 4.90 Å². The van der Waals surface area contributed by atoms with Crippen LogP contribution in [0.2, 0.25) is 0 Å². The van der Waals surface area contributed by atoms with Crippen LogP contribution in [0, 0.1) is 5.92 Å². The van der Waals surface area contributed by atoms with Crippen molar-refractivity contribution in [2.24, 2.45) is 5.92 Å². The Labute approximate surface area is 246 Å². The Hall–Kier alpha value is -3.69. The summed E-state index contributed by atoms with van der Waals surface area (Å²) in [6, 6.07) is 15.0. The van der Waals surface area contributed by atoms with Gasteiger partial charge in [-0.15, -0.1) is 0 Å². The maximum Gasteiger partial charge on any atom is 0.410 e. The number of hydrogen-bond acceptors (Lipinski definition) is 7. The normalized spacial score (nSPS) is 16.1. The quantitative estimate of drug-likeness (QED) is 0.235. The Morgan fingerprint density at radius 1 is 0.976 bits per heavy atom. The number of esters is 2. The second kappa shape index (κ2) is 14.0. The van der Waals surface area contributed by atoms with Crippen molar-refractivity contribution in [2.45, 2.75) is 84.2 Å². The summed E-state index contributed by atoms with van der Waals surface area (Å²) in [7, 11) is 1.46. The van der Waals surface area contributed by atoms with E-state index in [9.17, 15) is 23.2 Å². The second-order valence-electron chi connectivity index (χ2n) is 12.2. The largest absolute Gasteiger partial charge is 0.458 e. The monoisotopic (exact) mass is 588 g/mol. The first-order chi connectivity index (χ1) is 19.6. The molecule has 8 nitrogen and oxygen atoms in total. The molecule has 0 N–H and O–H groups in total. The van der Waals surface area contributed by atoms with Gasteiger partial charge in [-0.05, 0) is 56.4 Å². The van der Waals surface area contributed by atoms with Crippen LogP contribution in [0.25, 0.3) is 0 Å². The van der Waals surface area contributed by atoms with Crippen molar-refractivity contribution >= 4 is 23.7 Å². The lowest BCUT2D eigenvalue weighted by Gasteiger charge is -2.31. The third kappa shape index (κ3) is 9.99. The number of hydrogen-bond donors (Lipinski definition) is 0. The molecule has 1 aliphatic heterocycles. The van der Waals surface area contributed by atoms with Gasteiger partial charge in [0.05, 0.1) is 6.54 Å². The van der Waals surface area contributed by atoms with Gasteiger partial charge in [-0.2, -0.15) is 0 Å². The maximum absolute atomic E-state index is 13.7. The minimum absolute atomic E-state index is 0.000350. The molecule has 1 aliphatic rings. The van der Waals surface area contributed by atoms with E-state index in [2.05, 4.69) is 0 Å². The van der Waals surface area contributed by atoms with Crippen LogP contribution in [-0.2, 0) is 36.8 Å². The number of rotatable bonds is 11. The third-order valence-electron chi connectivity index (χ3n) is 6.75. The van der Waals surface area contributed by atoms with E-state index in [4.69, 9.17) is 14.2 Å². The summed E-state index contributed by atoms with van der Waals surface area (Å²) in [4.78, 5) is 42.3. The highest BCUT2D eigenvalue weighted by Crippen LogP contribution is 2.31. The first-order valence-electron chi connectivity index (χ1n) is 14.2. The third-order valence-corrected chi connectivity index (χ3v) is 6.75. The van der Waals surface area contributed by atoms with Crippen molar-refractivity contribution in [3.63, 3.8) is 0 Å². The van der Waals surface area contributed by atoms with Crippen LogP contribution in [0.3, 0.4) is 0 Å². The zero-order valence-electron chi connectivity index (χ0n) is 25.3. The standard InChI is InChI=1S/C32H42F2N2O6/c1-22(2)18-26(35(6)30(39)42-31(3,4)5)28(37)41-27(29(38)40-20-24-10-8-7-9-11-24)19-23-12-14-25(15-13-23)36-17-16-32(33,34)21-36/h7-15,22,26-27H,16-21H2,1-6H3/t26-,27+/m0/s1. The van der Waals surface area contributed by atoms with Crippen LogP contribution in [-0.4, -0.2) is 66.7 Å². The average molecular weight is 589 g/mol. The van der Waals surface area contributed by atoms with Crippen LogP contribution in [0.1, 0.15) is 58.6 Å². The van der Waals surface area contributed by atoms with Crippen molar-refractivity contribution in [3.05, 3.63) is 65.7 Å². The Morgan fingerprint density at radius 3 is 2.17 bits per heavy atom. The molecule has 2 aromatic carbocycles. The van der Waals surface area contributed by atoms with Crippen LogP contribution < -0.4 is 4.90 Å². The molecule has 0 aromatic heterocycles. The number of carbonyl (C=O) groups excluding carboxylic acids is 3. The number of likely N-dealkylation sites (N-methyl/N-ethyl adjacent to an activating group) is 1. The molecule has 0 saturated carbocycles. The van der Waals surface area contributed by atoms with Gasteiger partial charge >= 0.3 is 18.0 Å². The summed E-state index contributed by atoms with van der Waals surface area (Å²) in [6.45, 7) is 8.90. The number of ether oxygens (including phenoxy) is 3. The molecule has 10 heteroatoms. The molecule has 0 radical (unpaired) electrons. The molecule has 42 heavy (non-hydrogen) atoms. The molecule has 0 unspecified atom stereocenters. The van der Waals surface area contributed by atoms with Crippen molar-refractivity contribution in [1.82, 2.24) is 4.90 Å². The van der Waals surface area contributed by atoms with E-state index in [1.165, 1.54) is 11.9 Å². The molecule has 3 rings (SSSR count). The Balaban J connectivity index is 1.79. The lowest BCUT2D eigenvalue weighted by molar-refractivity contribution is -0.171. The molecule has 1 fully saturated rings. The van der Waals surface area contributed by atoms with Gasteiger partial charge in [0.2, 0.25) is 6.10 Å². The number of amides is 1. The van der Waals surface area contributed by atoms with Gasteiger partial charge in [-0.1, -0.05) is 56.3 Å². The fourth-order valence-corrected chi connectivity index (χ4v) is 4.55. The van der Waals surface area contributed by atoms with E-state index in [1.807, 2.05) is 44.2 Å². The maximum atomic E-state index is 13.7. The van der Waals surface area contributed by atoms with E-state index in [-0.39, 0.29) is 44.9 Å². The molecule has 0 spiro atoms. The summed E-state index contributed by atoms with van der Waals surface area (Å²) >= 11 is 0. The lowest BCUT2D eigenvalue weighted by atomic mass is 10.0. The molecular formula is C32H42F2N2O6. The molecule has 1 amide bonds. The minimum atomic E-state index is -2.72. The fourth-order valence-electron chi connectivity index (χ4n) is 4.55. The van der Waals surface area contributed by atoms with Crippen molar-refractivity contribution < 1.29 is 37.4 Å². The number of benzene rings is 2. The van der Waals surface area contributed by atoms with Crippen LogP contribution >= 0.6 is 0 Å². The number of alkyl halides is 2. The van der Waals surface area contributed by atoms with Crippen LogP contribution in [0.5, 0.6) is 0 Å². The molecule has 1 heterocycles. The lowest BCUT2D eigenvalue weighted by Crippen LogP contribution is -2.47. The summed E-state index contributed by atoms with van der Waals surface area (Å²) in [5.41, 5.74) is 1.30. The Morgan fingerprint density at radius 2 is 1.62 bits per heavy atom. The molecule has 1 saturated heterocycles. The zero-order chi connectivity index (χ0) is 31.1. The van der Waals surface area contributed by atoms with Gasteiger partial charge in [0.25, 0.3) is 5.92 Å². The highest BCUT2D eigenvalue weighted by molar-refractivity contribution is 5.85. The summed E-state index contributed by atoms with van der Waals surface area (Å²) in [5, 5.41) is 0. The molecule has 2 atom stereocenters. The molecule has 2 aromatic rings. The number of nitrogens with zero attached hydrogens (tertiary/aromatic N) is 2. The SMILES string of the molecule is CC(C)C[C@@H](C(=O)O[C@H](Cc1ccc(N2CCC(F)(F)C2)cc1)C(=O)OCc1ccccc1)N(C)C(=O)OC(C)(C)C. The molecular weight excluding hydrogens is 546 g/mol. The predicted octanol–water partition coefficient (Wildman–Crippen LogP) is 6.01. The highest BCUT2D eigenvalue weighted by Gasteiger charge is 2.38. The average Bonchev–Trinajstić information content (AvgIpc) is 3.28. The summed E-state index contributed by atoms with van der Waals surface area (Å²) < 4.78 is 44.1. The van der Waals surface area contributed by atoms with Crippen molar-refractivity contribution in [2.75, 3.05) is 25.0 Å². The number of anilines is 1. The van der Waals surface area contributed by atoms with E-state index in [1.54, 1.807) is 49.9 Å². The number of carbonyl (C=O) groups is 3. The van der Waals surface area contributed by atoms with Crippen molar-refractivity contribution in [1.29, 1.82) is 0 Å². The van der Waals surface area contributed by atoms with Crippen LogP contribution in [0.4, 0.5) is 19.3 Å². The van der Waals surface area contributed by atoms with E-state index < -0.39 is 41.7 Å². The summed E-state index contributed by atoms with van der Waals surface area (Å²) in [5.74, 6) is -4.19. The molecule has 230 valence electrons. The van der Waals surface area contributed by atoms with Gasteiger partial charge in [0.1, 0.15) is 18.2 Å². The second-order valence-corrected chi connectivity index (χ2v) is 12.2. The van der Waals surface area contributed by atoms with Crippen molar-refractivity contribution in [3.8, 4) is 0 Å². The zero-order valence-corrected chi connectivity index (χ0v) is 25.3. The Kier molecular flexibility index (Phi) is 10.9. The highest BCUT2D eigenvalue weighted by atomic mass is 19.3. The van der Waals surface area contributed by atoms with E-state index in [0.29, 0.717) is 11.3 Å². The Bertz CT molecular complexity index is 1200. The smallest absolute Gasteiger partial charge is 0.410 e. The van der Waals surface area contributed by atoms with Gasteiger partial charge in [0.15, 0.2) is 0 Å². The fraction of sp³-hybridized carbons (Fsp3) is 0.531. The van der Waals surface area contributed by atoms with Gasteiger partial charge in [-0.25, -0.2) is 23.2 Å². The molecule has 0 bridgehead atoms. The first kappa shape index (κ1) is 32.8. The van der Waals surface area contributed by atoms with Gasteiger partial charge < -0.3 is 19.1 Å². The van der Waals surface area contributed by atoms with Gasteiger partial charge in [0, 0.05) is 32.1 Å². The molecule has 0 aliphatic carbocycles. The minimum Gasteiger partial charge on any atom is -0.458 e. The number of halogens is 2. The first-order valence-corrected chi connectivity index (χ1v) is 14.2. The summed E-state index contributed by atoms with van der Waals surface area (Å²) in [6.07, 6.45) is -1.90. The van der Waals surface area contributed by atoms with Crippen LogP contribution in [0.15, 0.2) is 54.6 Å². The van der Waals surface area contributed by atoms with E-state index in [0.717, 1.165) is 5.56 Å². The predicted molar refractivity (Wildman–Crippen MR) is 155 cm³/mol.